The summed E-state index contributed by atoms with van der Waals surface area (Å²) in [5, 5.41) is 5.51. The van der Waals surface area contributed by atoms with E-state index in [4.69, 9.17) is 0 Å². The van der Waals surface area contributed by atoms with Gasteiger partial charge in [-0.2, -0.15) is 9.78 Å². The van der Waals surface area contributed by atoms with E-state index in [9.17, 15) is 9.18 Å². The van der Waals surface area contributed by atoms with E-state index in [1.54, 1.807) is 18.2 Å². The Balaban J connectivity index is 1.82. The fourth-order valence-corrected chi connectivity index (χ4v) is 3.55. The molecule has 4 rings (SSSR count). The highest BCUT2D eigenvalue weighted by atomic mass is 19.1. The first-order chi connectivity index (χ1) is 12.1. The maximum absolute atomic E-state index is 13.8. The Labute approximate surface area is 145 Å². The third-order valence-electron chi connectivity index (χ3n) is 4.99. The lowest BCUT2D eigenvalue weighted by molar-refractivity contribution is 0.0949. The Morgan fingerprint density at radius 1 is 1.12 bits per heavy atom. The molecular formula is C20H20FN3O. The van der Waals surface area contributed by atoms with Crippen molar-refractivity contribution in [2.45, 2.75) is 18.8 Å². The molecule has 0 aliphatic carbocycles. The van der Waals surface area contributed by atoms with Crippen LogP contribution in [0.1, 0.15) is 34.8 Å². The number of hydrogen-bond donors (Lipinski definition) is 0. The summed E-state index contributed by atoms with van der Waals surface area (Å²) in [6.07, 6.45) is 2.00. The van der Waals surface area contributed by atoms with Crippen molar-refractivity contribution in [2.24, 2.45) is 0 Å². The highest BCUT2D eigenvalue weighted by molar-refractivity contribution is 6.01. The number of piperidine rings is 1. The van der Waals surface area contributed by atoms with Crippen LogP contribution >= 0.6 is 0 Å². The normalized spacial score (nSPS) is 16.4. The molecule has 0 unspecified atom stereocenters. The molecule has 5 heteroatoms. The molecule has 1 aliphatic heterocycles. The molecule has 128 valence electrons. The lowest BCUT2D eigenvalue weighted by atomic mass is 9.92. The number of carbonyl (C=O) groups excluding carboxylic acids is 1. The van der Waals surface area contributed by atoms with Gasteiger partial charge in [0, 0.05) is 22.9 Å². The predicted octanol–water partition coefficient (Wildman–Crippen LogP) is 3.67. The standard InChI is InChI=1S/C20H20FN3O/c1-23-11-9-14(10-12-23)19-17-8-7-16(21)13-18(17)24(22-19)20(25)15-5-3-2-4-6-15/h2-8,13-14H,9-12H2,1H3. The average Bonchev–Trinajstić information content (AvgIpc) is 3.01. The van der Waals surface area contributed by atoms with Crippen LogP contribution in [-0.4, -0.2) is 40.7 Å². The van der Waals surface area contributed by atoms with Crippen LogP contribution in [0.25, 0.3) is 10.9 Å². The van der Waals surface area contributed by atoms with Crippen LogP contribution in [-0.2, 0) is 0 Å². The van der Waals surface area contributed by atoms with Crippen LogP contribution in [0.2, 0.25) is 0 Å². The van der Waals surface area contributed by atoms with Gasteiger partial charge in [-0.1, -0.05) is 18.2 Å². The van der Waals surface area contributed by atoms with Crippen LogP contribution in [0.3, 0.4) is 0 Å². The SMILES string of the molecule is CN1CCC(c2nn(C(=O)c3ccccc3)c3cc(F)ccc23)CC1. The first-order valence-electron chi connectivity index (χ1n) is 8.60. The summed E-state index contributed by atoms with van der Waals surface area (Å²) in [5.41, 5.74) is 2.00. The Bertz CT molecular complexity index is 911. The van der Waals surface area contributed by atoms with Gasteiger partial charge < -0.3 is 4.90 Å². The molecule has 25 heavy (non-hydrogen) atoms. The third kappa shape index (κ3) is 2.96. The fourth-order valence-electron chi connectivity index (χ4n) is 3.55. The molecule has 0 N–H and O–H groups in total. The molecule has 0 bridgehead atoms. The van der Waals surface area contributed by atoms with Crippen molar-refractivity contribution >= 4 is 16.8 Å². The number of aromatic nitrogens is 2. The summed E-state index contributed by atoms with van der Waals surface area (Å²) < 4.78 is 15.2. The zero-order chi connectivity index (χ0) is 17.4. The van der Waals surface area contributed by atoms with Crippen molar-refractivity contribution in [3.8, 4) is 0 Å². The maximum Gasteiger partial charge on any atom is 0.278 e. The number of rotatable bonds is 2. The predicted molar refractivity (Wildman–Crippen MR) is 95.3 cm³/mol. The number of fused-ring (bicyclic) bond motifs is 1. The second-order valence-corrected chi connectivity index (χ2v) is 6.71. The van der Waals surface area contributed by atoms with Crippen LogP contribution in [0.15, 0.2) is 48.5 Å². The van der Waals surface area contributed by atoms with Crippen molar-refractivity contribution in [1.29, 1.82) is 0 Å². The quantitative estimate of drug-likeness (QED) is 0.716. The van der Waals surface area contributed by atoms with Crippen molar-refractivity contribution in [3.05, 3.63) is 65.6 Å². The van der Waals surface area contributed by atoms with Gasteiger partial charge in [0.25, 0.3) is 5.91 Å². The molecule has 1 fully saturated rings. The van der Waals surface area contributed by atoms with E-state index in [0.29, 0.717) is 17.0 Å². The molecule has 2 heterocycles. The zero-order valence-electron chi connectivity index (χ0n) is 14.2. The molecule has 4 nitrogen and oxygen atoms in total. The van der Waals surface area contributed by atoms with Gasteiger partial charge >= 0.3 is 0 Å². The summed E-state index contributed by atoms with van der Waals surface area (Å²) in [5.74, 6) is -0.284. The smallest absolute Gasteiger partial charge is 0.278 e. The third-order valence-corrected chi connectivity index (χ3v) is 4.99. The Morgan fingerprint density at radius 3 is 2.56 bits per heavy atom. The van der Waals surface area contributed by atoms with Crippen molar-refractivity contribution in [2.75, 3.05) is 20.1 Å². The van der Waals surface area contributed by atoms with Crippen LogP contribution < -0.4 is 0 Å². The molecule has 0 saturated carbocycles. The molecule has 1 aromatic heterocycles. The Hall–Kier alpha value is -2.53. The van der Waals surface area contributed by atoms with Gasteiger partial charge in [-0.05, 0) is 57.2 Å². The minimum absolute atomic E-state index is 0.227. The van der Waals surface area contributed by atoms with Gasteiger partial charge in [-0.15, -0.1) is 0 Å². The number of hydrogen-bond acceptors (Lipinski definition) is 3. The first kappa shape index (κ1) is 16.0. The molecule has 1 saturated heterocycles. The van der Waals surface area contributed by atoms with Crippen molar-refractivity contribution in [1.82, 2.24) is 14.7 Å². The highest BCUT2D eigenvalue weighted by Gasteiger charge is 2.25. The number of benzene rings is 2. The molecule has 0 spiro atoms. The van der Waals surface area contributed by atoms with Crippen LogP contribution in [0.4, 0.5) is 4.39 Å². The van der Waals surface area contributed by atoms with E-state index < -0.39 is 0 Å². The van der Waals surface area contributed by atoms with E-state index >= 15 is 0 Å². The average molecular weight is 337 g/mol. The summed E-state index contributed by atoms with van der Waals surface area (Å²) in [6.45, 7) is 2.01. The highest BCUT2D eigenvalue weighted by Crippen LogP contribution is 2.32. The second kappa shape index (κ2) is 6.41. The fraction of sp³-hybridized carbons (Fsp3) is 0.300. The van der Waals surface area contributed by atoms with Gasteiger partial charge in [0.1, 0.15) is 5.82 Å². The summed E-state index contributed by atoms with van der Waals surface area (Å²) in [7, 11) is 2.11. The van der Waals surface area contributed by atoms with Gasteiger partial charge in [0.15, 0.2) is 0 Å². The number of likely N-dealkylation sites (tertiary alicyclic amines) is 1. The molecule has 2 aromatic carbocycles. The molecule has 3 aromatic rings. The second-order valence-electron chi connectivity index (χ2n) is 6.71. The van der Waals surface area contributed by atoms with E-state index in [-0.39, 0.29) is 11.7 Å². The van der Waals surface area contributed by atoms with E-state index in [1.807, 2.05) is 18.2 Å². The summed E-state index contributed by atoms with van der Waals surface area (Å²) in [4.78, 5) is 15.2. The molecular weight excluding hydrogens is 317 g/mol. The number of carbonyl (C=O) groups is 1. The molecule has 0 amide bonds. The van der Waals surface area contributed by atoms with Gasteiger partial charge in [-0.3, -0.25) is 4.79 Å². The maximum atomic E-state index is 13.8. The first-order valence-corrected chi connectivity index (χ1v) is 8.60. The summed E-state index contributed by atoms with van der Waals surface area (Å²) >= 11 is 0. The Morgan fingerprint density at radius 2 is 1.84 bits per heavy atom. The minimum atomic E-state index is -0.357. The molecule has 0 atom stereocenters. The zero-order valence-corrected chi connectivity index (χ0v) is 14.2. The van der Waals surface area contributed by atoms with Crippen LogP contribution in [0, 0.1) is 5.82 Å². The van der Waals surface area contributed by atoms with E-state index in [2.05, 4.69) is 17.0 Å². The monoisotopic (exact) mass is 337 g/mol. The summed E-state index contributed by atoms with van der Waals surface area (Å²) in [6, 6.07) is 13.6. The van der Waals surface area contributed by atoms with Gasteiger partial charge in [0.2, 0.25) is 0 Å². The molecule has 1 aliphatic rings. The lowest BCUT2D eigenvalue weighted by Gasteiger charge is -2.28. The van der Waals surface area contributed by atoms with Crippen molar-refractivity contribution in [3.63, 3.8) is 0 Å². The van der Waals surface area contributed by atoms with Gasteiger partial charge in [-0.25, -0.2) is 4.39 Å². The largest absolute Gasteiger partial charge is 0.306 e. The number of halogens is 1. The van der Waals surface area contributed by atoms with E-state index in [1.165, 1.54) is 16.8 Å². The Kier molecular flexibility index (Phi) is 4.09. The van der Waals surface area contributed by atoms with Crippen molar-refractivity contribution < 1.29 is 9.18 Å². The molecule has 0 radical (unpaired) electrons. The van der Waals surface area contributed by atoms with E-state index in [0.717, 1.165) is 37.0 Å². The lowest BCUT2D eigenvalue weighted by Crippen LogP contribution is -2.29. The topological polar surface area (TPSA) is 38.1 Å². The van der Waals surface area contributed by atoms with Crippen LogP contribution in [0.5, 0.6) is 0 Å². The number of nitrogens with zero attached hydrogens (tertiary/aromatic N) is 3. The van der Waals surface area contributed by atoms with Gasteiger partial charge in [0.05, 0.1) is 11.2 Å². The minimum Gasteiger partial charge on any atom is -0.306 e.